The first kappa shape index (κ1) is 7.19. The van der Waals surface area contributed by atoms with Crippen LogP contribution in [0.1, 0.15) is 0 Å². The van der Waals surface area contributed by atoms with Crippen molar-refractivity contribution < 1.29 is 0 Å². The summed E-state index contributed by atoms with van der Waals surface area (Å²) in [5.41, 5.74) is 1.00. The summed E-state index contributed by atoms with van der Waals surface area (Å²) < 4.78 is 0.834. The second-order valence-corrected chi connectivity index (χ2v) is 3.43. The first-order chi connectivity index (χ1) is 5.27. The molecule has 1 nitrogen and oxygen atoms in total. The Kier molecular flexibility index (Phi) is 1.66. The van der Waals surface area contributed by atoms with Gasteiger partial charge in [-0.15, -0.1) is 0 Å². The van der Waals surface area contributed by atoms with Crippen LogP contribution in [0.5, 0.6) is 0 Å². The van der Waals surface area contributed by atoms with Gasteiger partial charge in [-0.3, -0.25) is 0 Å². The normalized spacial score (nSPS) is 10.7. The zero-order valence-corrected chi connectivity index (χ0v) is 7.83. The Bertz CT molecular complexity index is 394. The van der Waals surface area contributed by atoms with Crippen molar-refractivity contribution in [2.75, 3.05) is 0 Å². The predicted octanol–water partition coefficient (Wildman–Crippen LogP) is 3.38. The third-order valence-corrected chi connectivity index (χ3v) is 2.20. The summed E-state index contributed by atoms with van der Waals surface area (Å²) in [6.45, 7) is 0. The highest BCUT2D eigenvalue weighted by Gasteiger charge is 2.00. The van der Waals surface area contributed by atoms with Gasteiger partial charge >= 0.3 is 0 Å². The van der Waals surface area contributed by atoms with Crippen LogP contribution in [-0.2, 0) is 0 Å². The molecule has 0 spiro atoms. The van der Waals surface area contributed by atoms with E-state index in [1.165, 1.54) is 0 Å². The number of aromatic amines is 1. The number of aromatic nitrogens is 1. The molecular weight excluding hydrogens is 225 g/mol. The molecule has 3 heteroatoms. The SMILES string of the molecule is Clc1cccc2[nH]c(Br)[c]c12. The molecule has 11 heavy (non-hydrogen) atoms. The molecule has 0 amide bonds. The van der Waals surface area contributed by atoms with E-state index in [9.17, 15) is 0 Å². The highest BCUT2D eigenvalue weighted by Crippen LogP contribution is 2.25. The lowest BCUT2D eigenvalue weighted by molar-refractivity contribution is 1.41. The van der Waals surface area contributed by atoms with E-state index in [0.29, 0.717) is 0 Å². The Morgan fingerprint density at radius 3 is 3.00 bits per heavy atom. The van der Waals surface area contributed by atoms with Gasteiger partial charge in [-0.2, -0.15) is 0 Å². The van der Waals surface area contributed by atoms with Crippen molar-refractivity contribution in [2.45, 2.75) is 0 Å². The maximum Gasteiger partial charge on any atom is 0.0912 e. The average molecular weight is 229 g/mol. The fraction of sp³-hybridized carbons (Fsp3) is 0. The number of H-pyrrole nitrogens is 1. The largest absolute Gasteiger partial charge is 0.349 e. The van der Waals surface area contributed by atoms with Crippen LogP contribution in [0, 0.1) is 6.07 Å². The molecule has 0 atom stereocenters. The molecule has 1 N–H and O–H groups in total. The Balaban J connectivity index is 2.90. The smallest absolute Gasteiger partial charge is 0.0912 e. The molecule has 0 aliphatic carbocycles. The van der Waals surface area contributed by atoms with Crippen molar-refractivity contribution in [1.82, 2.24) is 4.98 Å². The van der Waals surface area contributed by atoms with Gasteiger partial charge in [0.1, 0.15) is 0 Å². The van der Waals surface area contributed by atoms with Crippen molar-refractivity contribution in [3.05, 3.63) is 33.9 Å². The van der Waals surface area contributed by atoms with Gasteiger partial charge in [-0.25, -0.2) is 0 Å². The van der Waals surface area contributed by atoms with Crippen LogP contribution in [0.15, 0.2) is 22.8 Å². The molecule has 0 fully saturated rings. The lowest BCUT2D eigenvalue weighted by atomic mass is 10.2. The fourth-order valence-electron chi connectivity index (χ4n) is 1.01. The van der Waals surface area contributed by atoms with Gasteiger partial charge in [0.05, 0.1) is 9.63 Å². The van der Waals surface area contributed by atoms with Gasteiger partial charge < -0.3 is 4.98 Å². The molecule has 0 saturated carbocycles. The van der Waals surface area contributed by atoms with Gasteiger partial charge in [-0.05, 0) is 28.1 Å². The topological polar surface area (TPSA) is 15.8 Å². The summed E-state index contributed by atoms with van der Waals surface area (Å²) in [6, 6.07) is 8.77. The molecule has 1 heterocycles. The number of halogens is 2. The van der Waals surface area contributed by atoms with Crippen LogP contribution in [0.2, 0.25) is 5.02 Å². The van der Waals surface area contributed by atoms with Crippen molar-refractivity contribution in [2.24, 2.45) is 0 Å². The van der Waals surface area contributed by atoms with Gasteiger partial charge in [-0.1, -0.05) is 17.7 Å². The highest BCUT2D eigenvalue weighted by molar-refractivity contribution is 9.10. The van der Waals surface area contributed by atoms with Crippen molar-refractivity contribution >= 4 is 38.4 Å². The number of fused-ring (bicyclic) bond motifs is 1. The predicted molar refractivity (Wildman–Crippen MR) is 49.8 cm³/mol. The summed E-state index contributed by atoms with van der Waals surface area (Å²) in [5.74, 6) is 0. The summed E-state index contributed by atoms with van der Waals surface area (Å²) in [4.78, 5) is 3.08. The third-order valence-electron chi connectivity index (χ3n) is 1.49. The van der Waals surface area contributed by atoms with E-state index in [-0.39, 0.29) is 0 Å². The zero-order chi connectivity index (χ0) is 7.84. The minimum absolute atomic E-state index is 0.726. The molecule has 1 aromatic carbocycles. The van der Waals surface area contributed by atoms with Crippen molar-refractivity contribution in [3.8, 4) is 0 Å². The maximum absolute atomic E-state index is 5.90. The Morgan fingerprint density at radius 1 is 1.45 bits per heavy atom. The monoisotopic (exact) mass is 228 g/mol. The number of nitrogens with one attached hydrogen (secondary N) is 1. The van der Waals surface area contributed by atoms with Gasteiger partial charge in [0.15, 0.2) is 0 Å². The summed E-state index contributed by atoms with van der Waals surface area (Å²) in [6.07, 6.45) is 0. The number of hydrogen-bond donors (Lipinski definition) is 1. The Hall–Kier alpha value is -0.470. The van der Waals surface area contributed by atoms with Crippen LogP contribution in [-0.4, -0.2) is 4.98 Å². The molecule has 0 aliphatic rings. The van der Waals surface area contributed by atoms with E-state index in [1.54, 1.807) is 0 Å². The first-order valence-corrected chi connectivity index (χ1v) is 4.29. The molecule has 1 aromatic heterocycles. The van der Waals surface area contributed by atoms with Gasteiger partial charge in [0.25, 0.3) is 0 Å². The standard InChI is InChI=1S/C8H4BrClN/c9-8-4-5-6(10)2-1-3-7(5)11-8/h1-3,11H. The molecule has 2 rings (SSSR count). The summed E-state index contributed by atoms with van der Waals surface area (Å²) >= 11 is 9.19. The minimum atomic E-state index is 0.726. The van der Waals surface area contributed by atoms with Crippen LogP contribution in [0.4, 0.5) is 0 Å². The average Bonchev–Trinajstić information content (AvgIpc) is 2.31. The van der Waals surface area contributed by atoms with Crippen LogP contribution in [0.3, 0.4) is 0 Å². The molecule has 0 bridgehead atoms. The van der Waals surface area contributed by atoms with E-state index < -0.39 is 0 Å². The lowest BCUT2D eigenvalue weighted by Crippen LogP contribution is -1.66. The third kappa shape index (κ3) is 1.17. The van der Waals surface area contributed by atoms with Crippen LogP contribution < -0.4 is 0 Å². The van der Waals surface area contributed by atoms with Crippen molar-refractivity contribution in [1.29, 1.82) is 0 Å². The van der Waals surface area contributed by atoms with Gasteiger partial charge in [0, 0.05) is 17.0 Å². The van der Waals surface area contributed by atoms with Crippen LogP contribution >= 0.6 is 27.5 Å². The van der Waals surface area contributed by atoms with E-state index >= 15 is 0 Å². The number of benzene rings is 1. The maximum atomic E-state index is 5.90. The minimum Gasteiger partial charge on any atom is -0.349 e. The quantitative estimate of drug-likeness (QED) is 0.713. The zero-order valence-electron chi connectivity index (χ0n) is 5.49. The highest BCUT2D eigenvalue weighted by atomic mass is 79.9. The Morgan fingerprint density at radius 2 is 2.27 bits per heavy atom. The molecule has 0 saturated heterocycles. The molecule has 1 radical (unpaired) electrons. The fourth-order valence-corrected chi connectivity index (χ4v) is 1.65. The summed E-state index contributed by atoms with van der Waals surface area (Å²) in [5, 5.41) is 1.66. The number of rotatable bonds is 0. The van der Waals surface area contributed by atoms with Crippen molar-refractivity contribution in [3.63, 3.8) is 0 Å². The number of hydrogen-bond acceptors (Lipinski definition) is 0. The second kappa shape index (κ2) is 2.54. The summed E-state index contributed by atoms with van der Waals surface area (Å²) in [7, 11) is 0. The lowest BCUT2D eigenvalue weighted by Gasteiger charge is -1.89. The second-order valence-electron chi connectivity index (χ2n) is 2.23. The molecular formula is C8H4BrClN. The van der Waals surface area contributed by atoms with E-state index in [0.717, 1.165) is 20.5 Å². The van der Waals surface area contributed by atoms with Crippen LogP contribution in [0.25, 0.3) is 10.9 Å². The first-order valence-electron chi connectivity index (χ1n) is 3.12. The Labute approximate surface area is 77.5 Å². The molecule has 0 aliphatic heterocycles. The van der Waals surface area contributed by atoms with Gasteiger partial charge in [0.2, 0.25) is 0 Å². The van der Waals surface area contributed by atoms with E-state index in [1.807, 2.05) is 18.2 Å². The molecule has 0 unspecified atom stereocenters. The molecule has 2 aromatic rings. The van der Waals surface area contributed by atoms with E-state index in [2.05, 4.69) is 27.0 Å². The van der Waals surface area contributed by atoms with E-state index in [4.69, 9.17) is 11.6 Å². The molecule has 55 valence electrons.